The number of carbonyl (C=O) groups is 1. The molecule has 0 unspecified atom stereocenters. The number of nitrogens with zero attached hydrogens (tertiary/aromatic N) is 3. The first-order valence-corrected chi connectivity index (χ1v) is 10.6. The highest BCUT2D eigenvalue weighted by Gasteiger charge is 2.28. The van der Waals surface area contributed by atoms with E-state index in [2.05, 4.69) is 5.10 Å². The molecule has 0 aromatic heterocycles. The second-order valence-corrected chi connectivity index (χ2v) is 8.01. The maximum atomic E-state index is 13.5. The molecule has 2 amide bonds. The Labute approximate surface area is 191 Å². The van der Waals surface area contributed by atoms with Crippen LogP contribution in [-0.2, 0) is 6.42 Å². The molecular weight excluding hydrogens is 433 g/mol. The molecular formula is C24H21Cl2N3O2. The van der Waals surface area contributed by atoms with E-state index in [1.165, 1.54) is 5.01 Å². The molecule has 0 atom stereocenters. The van der Waals surface area contributed by atoms with E-state index >= 15 is 0 Å². The molecule has 3 aromatic rings. The molecule has 0 saturated carbocycles. The van der Waals surface area contributed by atoms with E-state index in [9.17, 15) is 4.79 Å². The minimum atomic E-state index is -0.224. The number of benzene rings is 3. The number of methoxy groups -OCH3 is 1. The highest BCUT2D eigenvalue weighted by atomic mass is 35.5. The molecule has 0 aliphatic carbocycles. The van der Waals surface area contributed by atoms with Gasteiger partial charge in [-0.05, 0) is 66.2 Å². The molecule has 7 heteroatoms. The number of ether oxygens (including phenoxy) is 1. The Hall–Kier alpha value is -3.02. The first kappa shape index (κ1) is 21.2. The van der Waals surface area contributed by atoms with E-state index in [0.29, 0.717) is 28.7 Å². The number of hydrogen-bond donors (Lipinski definition) is 0. The predicted octanol–water partition coefficient (Wildman–Crippen LogP) is 6.56. The summed E-state index contributed by atoms with van der Waals surface area (Å²) < 4.78 is 5.25. The van der Waals surface area contributed by atoms with E-state index in [0.717, 1.165) is 29.1 Å². The SMILES string of the molecule is COc1ccc(N(C(=O)N2CCC(Cc3ccc(Cl)cc3)=N2)c2ccc(Cl)cc2)cc1. The second kappa shape index (κ2) is 9.41. The number of hydrogen-bond acceptors (Lipinski definition) is 3. The van der Waals surface area contributed by atoms with E-state index in [4.69, 9.17) is 27.9 Å². The summed E-state index contributed by atoms with van der Waals surface area (Å²) in [6, 6.07) is 22.0. The van der Waals surface area contributed by atoms with Gasteiger partial charge in [0.15, 0.2) is 0 Å². The van der Waals surface area contributed by atoms with Gasteiger partial charge in [0.05, 0.1) is 25.0 Å². The smallest absolute Gasteiger partial charge is 0.349 e. The number of amides is 2. The van der Waals surface area contributed by atoms with Crippen LogP contribution in [0.2, 0.25) is 10.0 Å². The number of anilines is 2. The first-order chi connectivity index (χ1) is 15.0. The molecule has 4 rings (SSSR count). The van der Waals surface area contributed by atoms with Gasteiger partial charge in [0, 0.05) is 28.6 Å². The average Bonchev–Trinajstić information content (AvgIpc) is 3.26. The largest absolute Gasteiger partial charge is 0.497 e. The summed E-state index contributed by atoms with van der Waals surface area (Å²) in [5.41, 5.74) is 3.50. The third-order valence-electron chi connectivity index (χ3n) is 5.02. The monoisotopic (exact) mass is 453 g/mol. The van der Waals surface area contributed by atoms with Gasteiger partial charge < -0.3 is 4.74 Å². The van der Waals surface area contributed by atoms with E-state index in [1.807, 2.05) is 60.7 Å². The number of rotatable bonds is 5. The molecule has 31 heavy (non-hydrogen) atoms. The van der Waals surface area contributed by atoms with Crippen LogP contribution in [0, 0.1) is 0 Å². The first-order valence-electron chi connectivity index (χ1n) is 9.85. The summed E-state index contributed by atoms with van der Waals surface area (Å²) in [7, 11) is 1.61. The molecule has 0 fully saturated rings. The predicted molar refractivity (Wildman–Crippen MR) is 126 cm³/mol. The maximum Gasteiger partial charge on any atom is 0.349 e. The summed E-state index contributed by atoms with van der Waals surface area (Å²) in [6.07, 6.45) is 1.41. The van der Waals surface area contributed by atoms with Crippen LogP contribution in [0.15, 0.2) is 77.9 Å². The lowest BCUT2D eigenvalue weighted by Gasteiger charge is -2.26. The van der Waals surface area contributed by atoms with Gasteiger partial charge in [0.25, 0.3) is 0 Å². The molecule has 0 radical (unpaired) electrons. The highest BCUT2D eigenvalue weighted by molar-refractivity contribution is 6.30. The van der Waals surface area contributed by atoms with Crippen molar-refractivity contribution in [2.24, 2.45) is 5.10 Å². The normalized spacial score (nSPS) is 13.1. The van der Waals surface area contributed by atoms with E-state index < -0.39 is 0 Å². The molecule has 1 aliphatic rings. The van der Waals surface area contributed by atoms with Gasteiger partial charge in [0.1, 0.15) is 5.75 Å². The van der Waals surface area contributed by atoms with Crippen LogP contribution >= 0.6 is 23.2 Å². The fourth-order valence-electron chi connectivity index (χ4n) is 3.41. The van der Waals surface area contributed by atoms with Crippen LogP contribution < -0.4 is 9.64 Å². The fourth-order valence-corrected chi connectivity index (χ4v) is 3.66. The van der Waals surface area contributed by atoms with Gasteiger partial charge in [0.2, 0.25) is 0 Å². The van der Waals surface area contributed by atoms with Gasteiger partial charge in [-0.1, -0.05) is 35.3 Å². The molecule has 158 valence electrons. The van der Waals surface area contributed by atoms with Gasteiger partial charge in [-0.15, -0.1) is 0 Å². The van der Waals surface area contributed by atoms with Crippen molar-refractivity contribution in [2.75, 3.05) is 18.6 Å². The van der Waals surface area contributed by atoms with Gasteiger partial charge >= 0.3 is 6.03 Å². The lowest BCUT2D eigenvalue weighted by Crippen LogP contribution is -2.36. The number of hydrazone groups is 1. The molecule has 0 spiro atoms. The van der Waals surface area contributed by atoms with Crippen LogP contribution in [-0.4, -0.2) is 30.4 Å². The second-order valence-electron chi connectivity index (χ2n) is 7.14. The van der Waals surface area contributed by atoms with E-state index in [1.54, 1.807) is 24.1 Å². The minimum absolute atomic E-state index is 0.224. The lowest BCUT2D eigenvalue weighted by molar-refractivity contribution is 0.214. The molecule has 5 nitrogen and oxygen atoms in total. The quantitative estimate of drug-likeness (QED) is 0.438. The average molecular weight is 454 g/mol. The van der Waals surface area contributed by atoms with Crippen molar-refractivity contribution in [3.05, 3.63) is 88.4 Å². The van der Waals surface area contributed by atoms with Crippen molar-refractivity contribution in [3.8, 4) is 5.75 Å². The van der Waals surface area contributed by atoms with Gasteiger partial charge in [-0.2, -0.15) is 5.10 Å². The zero-order valence-electron chi connectivity index (χ0n) is 17.0. The van der Waals surface area contributed by atoms with Crippen molar-refractivity contribution >= 4 is 46.3 Å². The van der Waals surface area contributed by atoms with Crippen molar-refractivity contribution in [2.45, 2.75) is 12.8 Å². The fraction of sp³-hybridized carbons (Fsp3) is 0.167. The number of halogens is 2. The Bertz CT molecular complexity index is 1080. The van der Waals surface area contributed by atoms with Crippen molar-refractivity contribution in [1.29, 1.82) is 0 Å². The Kier molecular flexibility index (Phi) is 6.44. The zero-order chi connectivity index (χ0) is 21.8. The Balaban J connectivity index is 1.60. The summed E-state index contributed by atoms with van der Waals surface area (Å²) in [5, 5.41) is 7.43. The summed E-state index contributed by atoms with van der Waals surface area (Å²) in [4.78, 5) is 15.1. The van der Waals surface area contributed by atoms with Crippen LogP contribution in [0.3, 0.4) is 0 Å². The molecule has 1 aliphatic heterocycles. The highest BCUT2D eigenvalue weighted by Crippen LogP contribution is 2.30. The maximum absolute atomic E-state index is 13.5. The third-order valence-corrected chi connectivity index (χ3v) is 5.53. The summed E-state index contributed by atoms with van der Waals surface area (Å²) in [5.74, 6) is 0.719. The standard InChI is InChI=1S/C24H21Cl2N3O2/c1-31-23-12-10-22(11-13-23)29(21-8-6-19(26)7-9-21)24(30)28-15-14-20(27-28)16-17-2-4-18(25)5-3-17/h2-13H,14-16H2,1H3. The Morgan fingerprint density at radius 2 is 1.48 bits per heavy atom. The molecule has 0 bridgehead atoms. The summed E-state index contributed by atoms with van der Waals surface area (Å²) in [6.45, 7) is 0.530. The third kappa shape index (κ3) is 5.01. The molecule has 1 heterocycles. The van der Waals surface area contributed by atoms with Crippen LogP contribution in [0.25, 0.3) is 0 Å². The topological polar surface area (TPSA) is 45.1 Å². The van der Waals surface area contributed by atoms with E-state index in [-0.39, 0.29) is 6.03 Å². The molecule has 3 aromatic carbocycles. The van der Waals surface area contributed by atoms with Crippen LogP contribution in [0.5, 0.6) is 5.75 Å². The van der Waals surface area contributed by atoms with Crippen LogP contribution in [0.1, 0.15) is 12.0 Å². The van der Waals surface area contributed by atoms with Crippen molar-refractivity contribution in [3.63, 3.8) is 0 Å². The lowest BCUT2D eigenvalue weighted by atomic mass is 10.1. The molecule has 0 saturated heterocycles. The Morgan fingerprint density at radius 3 is 2.06 bits per heavy atom. The van der Waals surface area contributed by atoms with Crippen molar-refractivity contribution < 1.29 is 9.53 Å². The zero-order valence-corrected chi connectivity index (χ0v) is 18.5. The molecule has 0 N–H and O–H groups in total. The minimum Gasteiger partial charge on any atom is -0.497 e. The van der Waals surface area contributed by atoms with Crippen LogP contribution in [0.4, 0.5) is 16.2 Å². The summed E-state index contributed by atoms with van der Waals surface area (Å²) >= 11 is 12.0. The number of urea groups is 1. The Morgan fingerprint density at radius 1 is 0.935 bits per heavy atom. The van der Waals surface area contributed by atoms with Gasteiger partial charge in [-0.25, -0.2) is 9.80 Å². The van der Waals surface area contributed by atoms with Gasteiger partial charge in [-0.3, -0.25) is 4.90 Å². The van der Waals surface area contributed by atoms with Crippen molar-refractivity contribution in [1.82, 2.24) is 5.01 Å². The number of carbonyl (C=O) groups excluding carboxylic acids is 1.